The van der Waals surface area contributed by atoms with Crippen LogP contribution in [0, 0.1) is 0 Å². The lowest BCUT2D eigenvalue weighted by molar-refractivity contribution is -0.277. The van der Waals surface area contributed by atoms with Crippen LogP contribution in [-0.4, -0.2) is 111 Å². The summed E-state index contributed by atoms with van der Waals surface area (Å²) in [5, 5.41) is 54.9. The van der Waals surface area contributed by atoms with Gasteiger partial charge in [-0.2, -0.15) is 0 Å². The van der Waals surface area contributed by atoms with Crippen molar-refractivity contribution < 1.29 is 68.3 Å². The largest absolute Gasteiger partial charge is 0.484 e. The molecular formula is C42H51N5O15. The number of fused-ring (bicyclic) bond motifs is 6. The van der Waals surface area contributed by atoms with Crippen molar-refractivity contribution in [3.8, 4) is 34.4 Å². The van der Waals surface area contributed by atoms with Gasteiger partial charge < -0.3 is 80.1 Å². The summed E-state index contributed by atoms with van der Waals surface area (Å²) in [4.78, 5) is 48.9. The Morgan fingerprint density at radius 1 is 1.02 bits per heavy atom. The maximum absolute atomic E-state index is 13.7. The second kappa shape index (κ2) is 20.3. The van der Waals surface area contributed by atoms with Crippen LogP contribution in [0.25, 0.3) is 22.3 Å². The van der Waals surface area contributed by atoms with Crippen molar-refractivity contribution in [2.45, 2.75) is 95.6 Å². The van der Waals surface area contributed by atoms with E-state index >= 15 is 0 Å². The smallest absolute Gasteiger partial charge is 0.340 e. The number of aromatic nitrogens is 2. The number of benzene rings is 2. The summed E-state index contributed by atoms with van der Waals surface area (Å²) >= 11 is 0. The number of nitrogens with one attached hydrogen (secondary N) is 1. The summed E-state index contributed by atoms with van der Waals surface area (Å²) in [6.07, 6.45) is -3.70. The van der Waals surface area contributed by atoms with Crippen LogP contribution in [0.5, 0.6) is 23.0 Å². The number of primary amides is 1. The maximum atomic E-state index is 13.7. The number of carbonyl (C=O) groups excluding carboxylic acids is 3. The summed E-state index contributed by atoms with van der Waals surface area (Å²) in [6, 6.07) is 8.65. The predicted molar refractivity (Wildman–Crippen MR) is 219 cm³/mol. The molecule has 4 aromatic rings. The molecule has 4 aliphatic rings. The standard InChI is InChI=1S/C38H41N3O13.C3H7NO.CH3NO/c1-3-4-5-6-18-20-12-41-24(10-19-21(36(41)47)15-50-37(48)30(19)43)29(20)40-23-11-26-34(52-16-51-26)35(28(18)23)49-14-17-7-8-25(22(9-17)39-2)53-38-33(46)32(45)31(44)27(13-42)54-38;4-2-1-3-5;2-1-3/h7-11,27,30-33,38-39,42-46H,3-6,12-16H2,1-2H3;3H,1-2,4H2;1H,(H2,2,3)/t27?,30?,31-,32?,33?,38+;;/m1../s1. The highest BCUT2D eigenvalue weighted by atomic mass is 16.7. The number of amides is 1. The number of hydrogen-bond donors (Lipinski definition) is 8. The molecule has 8 rings (SSSR count). The van der Waals surface area contributed by atoms with Gasteiger partial charge in [0.1, 0.15) is 49.7 Å². The van der Waals surface area contributed by atoms with E-state index in [0.717, 1.165) is 47.6 Å². The van der Waals surface area contributed by atoms with Crippen molar-refractivity contribution in [1.82, 2.24) is 9.55 Å². The number of hydrogen-bond acceptors (Lipinski definition) is 18. The number of unbranched alkanes of at least 4 members (excludes halogenated alkanes) is 2. The fourth-order valence-corrected chi connectivity index (χ4v) is 7.64. The molecule has 1 amide bonds. The summed E-state index contributed by atoms with van der Waals surface area (Å²) in [7, 11) is 1.68. The Morgan fingerprint density at radius 2 is 1.79 bits per heavy atom. The molecule has 6 heterocycles. The number of rotatable bonds is 13. The summed E-state index contributed by atoms with van der Waals surface area (Å²) < 4.78 is 36.5. The molecule has 4 unspecified atom stereocenters. The zero-order valence-corrected chi connectivity index (χ0v) is 34.2. The van der Waals surface area contributed by atoms with Crippen molar-refractivity contribution in [2.24, 2.45) is 11.5 Å². The first-order valence-corrected chi connectivity index (χ1v) is 20.1. The molecule has 20 heteroatoms. The molecule has 0 saturated carbocycles. The number of aliphatic hydroxyl groups is 5. The van der Waals surface area contributed by atoms with Gasteiger partial charge in [0.15, 0.2) is 17.6 Å². The van der Waals surface area contributed by atoms with Crippen molar-refractivity contribution in [3.63, 3.8) is 0 Å². The Morgan fingerprint density at radius 3 is 2.47 bits per heavy atom. The van der Waals surface area contributed by atoms with Gasteiger partial charge in [-0.3, -0.25) is 9.59 Å². The number of esters is 1. The van der Waals surface area contributed by atoms with Crippen molar-refractivity contribution in [3.05, 3.63) is 68.5 Å². The molecule has 2 aromatic heterocycles. The van der Waals surface area contributed by atoms with Gasteiger partial charge in [0.05, 0.1) is 46.7 Å². The number of aldehydes is 1. The Kier molecular flexibility index (Phi) is 15.0. The van der Waals surface area contributed by atoms with Crippen LogP contribution in [-0.2, 0) is 50.0 Å². The quantitative estimate of drug-likeness (QED) is 0.0452. The number of aryl methyl sites for hydroxylation is 1. The van der Waals surface area contributed by atoms with Gasteiger partial charge in [-0.25, -0.2) is 9.78 Å². The van der Waals surface area contributed by atoms with Crippen molar-refractivity contribution in [2.75, 3.05) is 32.3 Å². The maximum Gasteiger partial charge on any atom is 0.340 e. The van der Waals surface area contributed by atoms with Crippen molar-refractivity contribution in [1.29, 1.82) is 0 Å². The summed E-state index contributed by atoms with van der Waals surface area (Å²) in [5.74, 6) is 0.795. The predicted octanol–water partition coefficient (Wildman–Crippen LogP) is 0.412. The fourth-order valence-electron chi connectivity index (χ4n) is 7.64. The molecule has 2 aromatic carbocycles. The molecule has 6 atom stereocenters. The average Bonchev–Trinajstić information content (AvgIpc) is 3.90. The van der Waals surface area contributed by atoms with Crippen LogP contribution in [0.1, 0.15) is 66.5 Å². The molecule has 10 N–H and O–H groups in total. The zero-order valence-electron chi connectivity index (χ0n) is 34.2. The number of anilines is 1. The van der Waals surface area contributed by atoms with Gasteiger partial charge >= 0.3 is 5.97 Å². The van der Waals surface area contributed by atoms with Gasteiger partial charge in [0.2, 0.25) is 25.2 Å². The lowest BCUT2D eigenvalue weighted by Gasteiger charge is -2.39. The molecule has 20 nitrogen and oxygen atoms in total. The highest BCUT2D eigenvalue weighted by molar-refractivity contribution is 5.97. The monoisotopic (exact) mass is 865 g/mol. The number of nitrogens with zero attached hydrogens (tertiary/aromatic N) is 2. The Balaban J connectivity index is 0.000000740. The van der Waals surface area contributed by atoms with E-state index < -0.39 is 49.4 Å². The SMILES string of the molecule is CCCCCc1c2c(nc3cc4c(c(OCc5ccc(O[C@H]6OC(CO)[C@@H](O)C(O)C6O)c(NC)c5)c13)OCO4)-c1cc3c(c(=O)n1C2)COC(=O)C3O.NC=O.NCCC=O. The van der Waals surface area contributed by atoms with Crippen molar-refractivity contribution >= 4 is 35.3 Å². The number of nitrogens with two attached hydrogens (primary N) is 2. The minimum atomic E-state index is -1.59. The second-order valence-electron chi connectivity index (χ2n) is 14.6. The molecule has 62 heavy (non-hydrogen) atoms. The zero-order chi connectivity index (χ0) is 44.7. The van der Waals surface area contributed by atoms with Crippen LogP contribution < -0.4 is 41.3 Å². The third kappa shape index (κ3) is 9.02. The molecule has 334 valence electrons. The lowest BCUT2D eigenvalue weighted by atomic mass is 9.94. The Labute approximate surface area is 354 Å². The molecule has 0 radical (unpaired) electrons. The van der Waals surface area contributed by atoms with E-state index in [2.05, 4.69) is 18.0 Å². The number of ether oxygens (including phenoxy) is 6. The molecule has 0 aliphatic carbocycles. The molecule has 0 spiro atoms. The molecule has 0 bridgehead atoms. The lowest BCUT2D eigenvalue weighted by Crippen LogP contribution is -2.60. The number of pyridine rings is 2. The van der Waals surface area contributed by atoms with Crippen LogP contribution >= 0.6 is 0 Å². The average molecular weight is 866 g/mol. The minimum absolute atomic E-state index is 0.0147. The van der Waals surface area contributed by atoms with Crippen LogP contribution in [0.2, 0.25) is 0 Å². The van der Waals surface area contributed by atoms with Gasteiger partial charge in [0, 0.05) is 30.7 Å². The van der Waals surface area contributed by atoms with Gasteiger partial charge in [-0.15, -0.1) is 0 Å². The third-order valence-corrected chi connectivity index (χ3v) is 10.8. The van der Waals surface area contributed by atoms with Gasteiger partial charge in [-0.05, 0) is 48.7 Å². The minimum Gasteiger partial charge on any atom is -0.484 e. The van der Waals surface area contributed by atoms with Gasteiger partial charge in [0.25, 0.3) is 5.56 Å². The van der Waals surface area contributed by atoms with Crippen LogP contribution in [0.3, 0.4) is 0 Å². The molecular weight excluding hydrogens is 814 g/mol. The fraction of sp³-hybridized carbons (Fsp3) is 0.452. The number of cyclic esters (lactones) is 1. The van der Waals surface area contributed by atoms with E-state index in [-0.39, 0.29) is 55.4 Å². The van der Waals surface area contributed by atoms with Crippen LogP contribution in [0.4, 0.5) is 5.69 Å². The first-order valence-electron chi connectivity index (χ1n) is 20.1. The Hall–Kier alpha value is -5.87. The normalized spacial score (nSPS) is 21.5. The van der Waals surface area contributed by atoms with E-state index in [0.29, 0.717) is 59.2 Å². The summed E-state index contributed by atoms with van der Waals surface area (Å²) in [5.41, 5.74) is 13.9. The second-order valence-corrected chi connectivity index (χ2v) is 14.6. The van der Waals surface area contributed by atoms with E-state index in [1.54, 1.807) is 41.9 Å². The molecule has 1 fully saturated rings. The number of aliphatic hydroxyl groups excluding tert-OH is 5. The number of carbonyl (C=O) groups is 3. The van der Waals surface area contributed by atoms with E-state index in [1.165, 1.54) is 0 Å². The topological polar surface area (TPSA) is 307 Å². The van der Waals surface area contributed by atoms with Gasteiger partial charge in [-0.1, -0.05) is 25.8 Å². The summed E-state index contributed by atoms with van der Waals surface area (Å²) in [6.45, 7) is 2.10. The van der Waals surface area contributed by atoms with E-state index in [4.69, 9.17) is 43.9 Å². The Bertz CT molecular complexity index is 2340. The molecule has 4 aliphatic heterocycles. The van der Waals surface area contributed by atoms with E-state index in [9.17, 15) is 39.9 Å². The first kappa shape index (κ1) is 45.7. The third-order valence-electron chi connectivity index (χ3n) is 10.8. The van der Waals surface area contributed by atoms with E-state index in [1.807, 2.05) is 0 Å². The van der Waals surface area contributed by atoms with Crippen LogP contribution in [0.15, 0.2) is 35.1 Å². The highest BCUT2D eigenvalue weighted by Crippen LogP contribution is 2.50. The molecule has 1 saturated heterocycles. The highest BCUT2D eigenvalue weighted by Gasteiger charge is 2.45. The first-order chi connectivity index (χ1) is 30.0.